The van der Waals surface area contributed by atoms with Crippen LogP contribution >= 0.6 is 11.6 Å². The van der Waals surface area contributed by atoms with Gasteiger partial charge in [-0.25, -0.2) is 8.42 Å². The lowest BCUT2D eigenvalue weighted by molar-refractivity contribution is 0.278. The highest BCUT2D eigenvalue weighted by Crippen LogP contribution is 2.25. The summed E-state index contributed by atoms with van der Waals surface area (Å²) < 4.78 is 27.3. The quantitative estimate of drug-likeness (QED) is 0.816. The fraction of sp³-hybridized carbons (Fsp3) is 0.368. The molecule has 0 atom stereocenters. The molecule has 6 heteroatoms. The molecule has 25 heavy (non-hydrogen) atoms. The number of rotatable bonds is 4. The summed E-state index contributed by atoms with van der Waals surface area (Å²) in [5, 5.41) is 0.281. The van der Waals surface area contributed by atoms with Crippen molar-refractivity contribution in [2.45, 2.75) is 24.8 Å². The van der Waals surface area contributed by atoms with Crippen LogP contribution in [0.15, 0.2) is 53.4 Å². The topological polar surface area (TPSA) is 40.6 Å². The van der Waals surface area contributed by atoms with Crippen LogP contribution in [0.2, 0.25) is 5.02 Å². The highest BCUT2D eigenvalue weighted by atomic mass is 35.5. The first-order valence-electron chi connectivity index (χ1n) is 8.49. The molecule has 2 aromatic rings. The number of benzene rings is 2. The molecular formula is C19H23ClN2O2S. The van der Waals surface area contributed by atoms with Crippen molar-refractivity contribution in [1.82, 2.24) is 9.21 Å². The zero-order chi connectivity index (χ0) is 17.9. The highest BCUT2D eigenvalue weighted by molar-refractivity contribution is 7.89. The summed E-state index contributed by atoms with van der Waals surface area (Å²) in [5.41, 5.74) is 2.50. The maximum atomic E-state index is 12.9. The first-order chi connectivity index (χ1) is 12.0. The maximum absolute atomic E-state index is 12.9. The van der Waals surface area contributed by atoms with Crippen molar-refractivity contribution in [2.24, 2.45) is 0 Å². The lowest BCUT2D eigenvalue weighted by Crippen LogP contribution is -2.35. The molecule has 0 N–H and O–H groups in total. The number of hydrogen-bond acceptors (Lipinski definition) is 3. The third-order valence-corrected chi connectivity index (χ3v) is 6.93. The fourth-order valence-electron chi connectivity index (χ4n) is 3.09. The molecule has 0 saturated carbocycles. The van der Waals surface area contributed by atoms with Gasteiger partial charge < -0.3 is 0 Å². The van der Waals surface area contributed by atoms with Crippen LogP contribution in [0, 0.1) is 6.92 Å². The molecule has 0 amide bonds. The number of halogens is 1. The highest BCUT2D eigenvalue weighted by Gasteiger charge is 2.28. The minimum atomic E-state index is -3.54. The van der Waals surface area contributed by atoms with Crippen molar-refractivity contribution in [3.8, 4) is 0 Å². The number of hydrogen-bond donors (Lipinski definition) is 0. The molecule has 1 saturated heterocycles. The van der Waals surface area contributed by atoms with Gasteiger partial charge in [-0.3, -0.25) is 4.90 Å². The minimum Gasteiger partial charge on any atom is -0.298 e. The van der Waals surface area contributed by atoms with E-state index in [1.165, 1.54) is 11.1 Å². The Balaban J connectivity index is 1.69. The van der Waals surface area contributed by atoms with Crippen LogP contribution in [0.1, 0.15) is 17.5 Å². The molecule has 0 aromatic heterocycles. The predicted octanol–water partition coefficient (Wildman–Crippen LogP) is 3.55. The summed E-state index contributed by atoms with van der Waals surface area (Å²) in [6, 6.07) is 15.1. The predicted molar refractivity (Wildman–Crippen MR) is 101 cm³/mol. The Kier molecular flexibility index (Phi) is 5.79. The van der Waals surface area contributed by atoms with Crippen LogP contribution in [0.25, 0.3) is 0 Å². The smallest absolute Gasteiger partial charge is 0.244 e. The summed E-state index contributed by atoms with van der Waals surface area (Å²) in [6.45, 7) is 5.55. The number of nitrogens with zero attached hydrogens (tertiary/aromatic N) is 2. The normalized spacial score (nSPS) is 17.4. The van der Waals surface area contributed by atoms with Gasteiger partial charge in [0.1, 0.15) is 4.90 Å². The summed E-state index contributed by atoms with van der Waals surface area (Å²) >= 11 is 6.10. The van der Waals surface area contributed by atoms with Crippen molar-refractivity contribution in [3.63, 3.8) is 0 Å². The van der Waals surface area contributed by atoms with E-state index in [-0.39, 0.29) is 9.92 Å². The number of sulfonamides is 1. The second-order valence-corrected chi connectivity index (χ2v) is 8.76. The van der Waals surface area contributed by atoms with Gasteiger partial charge >= 0.3 is 0 Å². The molecule has 1 heterocycles. The lowest BCUT2D eigenvalue weighted by Gasteiger charge is -2.22. The molecule has 1 aliphatic heterocycles. The molecule has 2 aromatic carbocycles. The van der Waals surface area contributed by atoms with Crippen LogP contribution in [-0.4, -0.2) is 43.8 Å². The van der Waals surface area contributed by atoms with Crippen molar-refractivity contribution in [1.29, 1.82) is 0 Å². The molecule has 4 nitrogen and oxygen atoms in total. The first kappa shape index (κ1) is 18.4. The molecule has 3 rings (SSSR count). The zero-order valence-corrected chi connectivity index (χ0v) is 15.9. The van der Waals surface area contributed by atoms with Crippen molar-refractivity contribution >= 4 is 21.6 Å². The first-order valence-corrected chi connectivity index (χ1v) is 10.3. The van der Waals surface area contributed by atoms with E-state index >= 15 is 0 Å². The van der Waals surface area contributed by atoms with Gasteiger partial charge in [-0.2, -0.15) is 4.31 Å². The average Bonchev–Trinajstić information content (AvgIpc) is 2.83. The Morgan fingerprint density at radius 1 is 0.960 bits per heavy atom. The van der Waals surface area contributed by atoms with E-state index in [2.05, 4.69) is 36.1 Å². The molecule has 0 bridgehead atoms. The summed E-state index contributed by atoms with van der Waals surface area (Å²) in [4.78, 5) is 2.51. The van der Waals surface area contributed by atoms with E-state index in [0.717, 1.165) is 26.1 Å². The maximum Gasteiger partial charge on any atom is 0.244 e. The molecule has 1 fully saturated rings. The molecule has 1 aliphatic rings. The fourth-order valence-corrected chi connectivity index (χ4v) is 5.05. The van der Waals surface area contributed by atoms with Crippen LogP contribution < -0.4 is 0 Å². The SMILES string of the molecule is Cc1ccc(CN2CCCN(S(=O)(=O)c3ccccc3Cl)CC2)cc1. The summed E-state index contributed by atoms with van der Waals surface area (Å²) in [7, 11) is -3.54. The van der Waals surface area contributed by atoms with E-state index in [9.17, 15) is 8.42 Å². The van der Waals surface area contributed by atoms with Gasteiger partial charge in [0.2, 0.25) is 10.0 Å². The van der Waals surface area contributed by atoms with E-state index in [1.54, 1.807) is 28.6 Å². The van der Waals surface area contributed by atoms with Gasteiger partial charge in [-0.15, -0.1) is 0 Å². The Hall–Kier alpha value is -1.40. The Bertz CT molecular complexity index is 822. The van der Waals surface area contributed by atoms with Crippen LogP contribution in [-0.2, 0) is 16.6 Å². The summed E-state index contributed by atoms with van der Waals surface area (Å²) in [6.07, 6.45) is 0.815. The Labute approximate surface area is 155 Å². The van der Waals surface area contributed by atoms with Crippen LogP contribution in [0.4, 0.5) is 0 Å². The van der Waals surface area contributed by atoms with Crippen LogP contribution in [0.3, 0.4) is 0 Å². The largest absolute Gasteiger partial charge is 0.298 e. The monoisotopic (exact) mass is 378 g/mol. The van der Waals surface area contributed by atoms with Gasteiger partial charge in [-0.1, -0.05) is 53.6 Å². The second kappa shape index (κ2) is 7.87. The van der Waals surface area contributed by atoms with E-state index < -0.39 is 10.0 Å². The Morgan fingerprint density at radius 2 is 1.68 bits per heavy atom. The molecule has 0 spiro atoms. The molecule has 134 valence electrons. The average molecular weight is 379 g/mol. The van der Waals surface area contributed by atoms with Crippen LogP contribution in [0.5, 0.6) is 0 Å². The number of aryl methyl sites for hydroxylation is 1. The van der Waals surface area contributed by atoms with Gasteiger partial charge in [0.15, 0.2) is 0 Å². The molecule has 0 radical (unpaired) electrons. The Morgan fingerprint density at radius 3 is 2.40 bits per heavy atom. The minimum absolute atomic E-state index is 0.198. The van der Waals surface area contributed by atoms with Crippen molar-refractivity contribution in [3.05, 3.63) is 64.7 Å². The van der Waals surface area contributed by atoms with Gasteiger partial charge in [0.25, 0.3) is 0 Å². The standard InChI is InChI=1S/C19H23ClN2O2S/c1-16-7-9-17(10-8-16)15-21-11-4-12-22(14-13-21)25(23,24)19-6-3-2-5-18(19)20/h2-3,5-10H,4,11-15H2,1H3. The van der Waals surface area contributed by atoms with E-state index in [1.807, 2.05) is 0 Å². The molecular weight excluding hydrogens is 356 g/mol. The van der Waals surface area contributed by atoms with Crippen molar-refractivity contribution < 1.29 is 8.42 Å². The van der Waals surface area contributed by atoms with Gasteiger partial charge in [-0.05, 0) is 37.6 Å². The third kappa shape index (κ3) is 4.42. The van der Waals surface area contributed by atoms with E-state index in [4.69, 9.17) is 11.6 Å². The van der Waals surface area contributed by atoms with Gasteiger partial charge in [0, 0.05) is 26.2 Å². The second-order valence-electron chi connectivity index (χ2n) is 6.45. The molecule has 0 aliphatic carbocycles. The summed E-state index contributed by atoms with van der Waals surface area (Å²) in [5.74, 6) is 0. The van der Waals surface area contributed by atoms with E-state index in [0.29, 0.717) is 13.1 Å². The van der Waals surface area contributed by atoms with Gasteiger partial charge in [0.05, 0.1) is 5.02 Å². The molecule has 0 unspecified atom stereocenters. The third-order valence-electron chi connectivity index (χ3n) is 4.53. The lowest BCUT2D eigenvalue weighted by atomic mass is 10.1. The zero-order valence-electron chi connectivity index (χ0n) is 14.4. The van der Waals surface area contributed by atoms with Crippen molar-refractivity contribution in [2.75, 3.05) is 26.2 Å².